The minimum atomic E-state index is -3.00. The summed E-state index contributed by atoms with van der Waals surface area (Å²) >= 11 is 0. The fourth-order valence-electron chi connectivity index (χ4n) is 2.56. The number of hydrogen-bond donors (Lipinski definition) is 0. The van der Waals surface area contributed by atoms with Gasteiger partial charge in [0.15, 0.2) is 15.6 Å². The maximum absolute atomic E-state index is 12.3. The van der Waals surface area contributed by atoms with Gasteiger partial charge in [0.05, 0.1) is 11.5 Å². The van der Waals surface area contributed by atoms with Gasteiger partial charge in [-0.1, -0.05) is 32.0 Å². The summed E-state index contributed by atoms with van der Waals surface area (Å²) in [4.78, 5) is 12.3. The maximum atomic E-state index is 12.3. The lowest BCUT2D eigenvalue weighted by Gasteiger charge is -2.09. The van der Waals surface area contributed by atoms with Crippen LogP contribution in [0.3, 0.4) is 0 Å². The van der Waals surface area contributed by atoms with Crippen molar-refractivity contribution in [1.82, 2.24) is 0 Å². The Morgan fingerprint density at radius 1 is 1.37 bits per heavy atom. The summed E-state index contributed by atoms with van der Waals surface area (Å²) in [7, 11) is -3.00. The van der Waals surface area contributed by atoms with Gasteiger partial charge in [-0.15, -0.1) is 0 Å². The minimum Gasteiger partial charge on any atom is -0.294 e. The first kappa shape index (κ1) is 14.3. The monoisotopic (exact) mass is 280 g/mol. The van der Waals surface area contributed by atoms with Crippen molar-refractivity contribution in [3.8, 4) is 0 Å². The van der Waals surface area contributed by atoms with E-state index in [2.05, 4.69) is 13.8 Å². The average molecular weight is 280 g/mol. The number of ketones is 1. The van der Waals surface area contributed by atoms with Crippen molar-refractivity contribution >= 4 is 15.6 Å². The third kappa shape index (κ3) is 3.66. The van der Waals surface area contributed by atoms with Crippen molar-refractivity contribution in [2.75, 3.05) is 11.5 Å². The van der Waals surface area contributed by atoms with E-state index < -0.39 is 9.84 Å². The Morgan fingerprint density at radius 2 is 2.11 bits per heavy atom. The Bertz CT molecular complexity index is 573. The van der Waals surface area contributed by atoms with Crippen LogP contribution in [-0.2, 0) is 16.3 Å². The average Bonchev–Trinajstić information content (AvgIpc) is 2.68. The fourth-order valence-corrected chi connectivity index (χ4v) is 4.30. The van der Waals surface area contributed by atoms with E-state index >= 15 is 0 Å². The van der Waals surface area contributed by atoms with Crippen LogP contribution in [0.15, 0.2) is 24.3 Å². The van der Waals surface area contributed by atoms with Crippen molar-refractivity contribution in [1.29, 1.82) is 0 Å². The van der Waals surface area contributed by atoms with Crippen molar-refractivity contribution in [2.24, 2.45) is 11.8 Å². The van der Waals surface area contributed by atoms with Gasteiger partial charge in [0.1, 0.15) is 0 Å². The number of carbonyl (C=O) groups is 1. The van der Waals surface area contributed by atoms with Gasteiger partial charge in [0.2, 0.25) is 0 Å². The molecule has 104 valence electrons. The van der Waals surface area contributed by atoms with E-state index in [4.69, 9.17) is 0 Å². The largest absolute Gasteiger partial charge is 0.294 e. The second-order valence-electron chi connectivity index (χ2n) is 5.76. The first-order valence-electron chi connectivity index (χ1n) is 6.71. The normalized spacial score (nSPS) is 21.7. The maximum Gasteiger partial charge on any atom is 0.166 e. The summed E-state index contributed by atoms with van der Waals surface area (Å²) in [5.41, 5.74) is 1.79. The topological polar surface area (TPSA) is 51.2 Å². The molecule has 1 saturated heterocycles. The van der Waals surface area contributed by atoms with Crippen LogP contribution in [0.25, 0.3) is 0 Å². The smallest absolute Gasteiger partial charge is 0.166 e. The SMILES string of the molecule is CC(C)Cc1cccc(C(=O)C2CCS(=O)(=O)C2)c1. The van der Waals surface area contributed by atoms with Gasteiger partial charge in [0, 0.05) is 11.5 Å². The highest BCUT2D eigenvalue weighted by atomic mass is 32.2. The lowest BCUT2D eigenvalue weighted by molar-refractivity contribution is 0.0933. The molecule has 1 unspecified atom stereocenters. The van der Waals surface area contributed by atoms with Crippen LogP contribution in [0, 0.1) is 11.8 Å². The van der Waals surface area contributed by atoms with E-state index in [1.165, 1.54) is 0 Å². The van der Waals surface area contributed by atoms with Gasteiger partial charge in [-0.05, 0) is 30.4 Å². The van der Waals surface area contributed by atoms with E-state index in [9.17, 15) is 13.2 Å². The number of sulfone groups is 1. The van der Waals surface area contributed by atoms with Gasteiger partial charge >= 0.3 is 0 Å². The highest BCUT2D eigenvalue weighted by molar-refractivity contribution is 7.91. The summed E-state index contributed by atoms with van der Waals surface area (Å²) < 4.78 is 22.9. The molecule has 0 spiro atoms. The molecule has 0 bridgehead atoms. The van der Waals surface area contributed by atoms with Crippen LogP contribution in [0.2, 0.25) is 0 Å². The van der Waals surface area contributed by atoms with Crippen LogP contribution in [0.1, 0.15) is 36.2 Å². The lowest BCUT2D eigenvalue weighted by Crippen LogP contribution is -2.16. The molecule has 0 aliphatic carbocycles. The molecule has 2 rings (SSSR count). The number of Topliss-reactive ketones (excluding diaryl/α,β-unsaturated/α-hetero) is 1. The van der Waals surface area contributed by atoms with Crippen molar-refractivity contribution in [3.05, 3.63) is 35.4 Å². The molecule has 0 N–H and O–H groups in total. The van der Waals surface area contributed by atoms with Gasteiger partial charge < -0.3 is 0 Å². The Labute approximate surface area is 114 Å². The van der Waals surface area contributed by atoms with E-state index in [1.54, 1.807) is 6.07 Å². The predicted molar refractivity (Wildman–Crippen MR) is 76.1 cm³/mol. The van der Waals surface area contributed by atoms with Crippen molar-refractivity contribution in [2.45, 2.75) is 26.7 Å². The van der Waals surface area contributed by atoms with E-state index in [0.29, 0.717) is 17.9 Å². The number of hydrogen-bond acceptors (Lipinski definition) is 3. The van der Waals surface area contributed by atoms with E-state index in [0.717, 1.165) is 12.0 Å². The minimum absolute atomic E-state index is 0.0141. The van der Waals surface area contributed by atoms with Crippen LogP contribution in [-0.4, -0.2) is 25.7 Å². The van der Waals surface area contributed by atoms with Crippen LogP contribution >= 0.6 is 0 Å². The zero-order chi connectivity index (χ0) is 14.0. The standard InChI is InChI=1S/C15H20O3S/c1-11(2)8-12-4-3-5-13(9-12)15(16)14-6-7-19(17,18)10-14/h3-5,9,11,14H,6-8,10H2,1-2H3. The predicted octanol–water partition coefficient (Wildman–Crippen LogP) is 2.50. The Balaban J connectivity index is 2.16. The molecular weight excluding hydrogens is 260 g/mol. The number of rotatable bonds is 4. The molecule has 1 fully saturated rings. The summed E-state index contributed by atoms with van der Waals surface area (Å²) in [5, 5.41) is 0. The lowest BCUT2D eigenvalue weighted by atomic mass is 9.94. The molecule has 19 heavy (non-hydrogen) atoms. The molecule has 0 radical (unpaired) electrons. The molecule has 1 heterocycles. The van der Waals surface area contributed by atoms with Crippen molar-refractivity contribution in [3.63, 3.8) is 0 Å². The molecule has 4 heteroatoms. The van der Waals surface area contributed by atoms with Crippen LogP contribution < -0.4 is 0 Å². The second-order valence-corrected chi connectivity index (χ2v) is 7.99. The van der Waals surface area contributed by atoms with E-state index in [1.807, 2.05) is 18.2 Å². The quantitative estimate of drug-likeness (QED) is 0.796. The zero-order valence-electron chi connectivity index (χ0n) is 11.4. The Kier molecular flexibility index (Phi) is 4.09. The number of carbonyl (C=O) groups excluding carboxylic acids is 1. The Morgan fingerprint density at radius 3 is 2.68 bits per heavy atom. The molecule has 1 aliphatic rings. The van der Waals surface area contributed by atoms with Gasteiger partial charge in [-0.25, -0.2) is 8.42 Å². The van der Waals surface area contributed by atoms with Crippen LogP contribution in [0.5, 0.6) is 0 Å². The third-order valence-electron chi connectivity index (χ3n) is 3.46. The molecule has 1 aliphatic heterocycles. The fraction of sp³-hybridized carbons (Fsp3) is 0.533. The highest BCUT2D eigenvalue weighted by Crippen LogP contribution is 2.23. The molecule has 1 aromatic carbocycles. The zero-order valence-corrected chi connectivity index (χ0v) is 12.2. The summed E-state index contributed by atoms with van der Waals surface area (Å²) in [6, 6.07) is 7.60. The van der Waals surface area contributed by atoms with Gasteiger partial charge in [-0.3, -0.25) is 4.79 Å². The second kappa shape index (κ2) is 5.45. The molecule has 1 aromatic rings. The van der Waals surface area contributed by atoms with Gasteiger partial charge in [0.25, 0.3) is 0 Å². The highest BCUT2D eigenvalue weighted by Gasteiger charge is 2.33. The molecular formula is C15H20O3S. The third-order valence-corrected chi connectivity index (χ3v) is 5.23. The Hall–Kier alpha value is -1.16. The summed E-state index contributed by atoms with van der Waals surface area (Å²) in [6.07, 6.45) is 1.40. The van der Waals surface area contributed by atoms with Gasteiger partial charge in [-0.2, -0.15) is 0 Å². The molecule has 0 amide bonds. The first-order valence-corrected chi connectivity index (χ1v) is 8.53. The summed E-state index contributed by atoms with van der Waals surface area (Å²) in [6.45, 7) is 4.27. The summed E-state index contributed by atoms with van der Waals surface area (Å²) in [5.74, 6) is 0.332. The first-order chi connectivity index (χ1) is 8.87. The van der Waals surface area contributed by atoms with Crippen molar-refractivity contribution < 1.29 is 13.2 Å². The molecule has 0 saturated carbocycles. The number of benzene rings is 1. The molecule has 1 atom stereocenters. The van der Waals surface area contributed by atoms with E-state index in [-0.39, 0.29) is 23.2 Å². The van der Waals surface area contributed by atoms with Crippen LogP contribution in [0.4, 0.5) is 0 Å². The molecule has 3 nitrogen and oxygen atoms in total. The molecule has 0 aromatic heterocycles.